The zero-order chi connectivity index (χ0) is 15.2. The van der Waals surface area contributed by atoms with Crippen molar-refractivity contribution in [3.8, 4) is 5.75 Å². The van der Waals surface area contributed by atoms with Gasteiger partial charge in [-0.2, -0.15) is 0 Å². The van der Waals surface area contributed by atoms with Gasteiger partial charge in [0.2, 0.25) is 0 Å². The molecular weight excluding hydrogens is 254 g/mol. The van der Waals surface area contributed by atoms with E-state index in [0.29, 0.717) is 6.54 Å². The van der Waals surface area contributed by atoms with Gasteiger partial charge in [0, 0.05) is 6.54 Å². The summed E-state index contributed by atoms with van der Waals surface area (Å²) >= 11 is 0. The number of carbonyl (C=O) groups excluding carboxylic acids is 1. The van der Waals surface area contributed by atoms with Crippen LogP contribution in [0.3, 0.4) is 0 Å². The first-order chi connectivity index (χ1) is 9.35. The summed E-state index contributed by atoms with van der Waals surface area (Å²) in [6.45, 7) is 6.85. The maximum absolute atomic E-state index is 12.0. The average molecular weight is 279 g/mol. The van der Waals surface area contributed by atoms with Gasteiger partial charge in [0.25, 0.3) is 0 Å². The van der Waals surface area contributed by atoms with Crippen molar-refractivity contribution in [2.75, 3.05) is 13.7 Å². The third-order valence-electron chi connectivity index (χ3n) is 3.02. The fraction of sp³-hybridized carbons (Fsp3) is 0.562. The Hall–Kier alpha value is -1.55. The maximum Gasteiger partial charge on any atom is 0.310 e. The maximum atomic E-state index is 12.0. The number of hydrogen-bond donors (Lipinski definition) is 1. The first-order valence-electron chi connectivity index (χ1n) is 6.85. The summed E-state index contributed by atoms with van der Waals surface area (Å²) in [7, 11) is 1.62. The minimum atomic E-state index is -0.242. The molecule has 0 aliphatic carbocycles. The smallest absolute Gasteiger partial charge is 0.310 e. The van der Waals surface area contributed by atoms with Gasteiger partial charge >= 0.3 is 5.97 Å². The van der Waals surface area contributed by atoms with Crippen LogP contribution in [0, 0.1) is 11.3 Å². The third-order valence-corrected chi connectivity index (χ3v) is 3.02. The monoisotopic (exact) mass is 279 g/mol. The lowest BCUT2D eigenvalue weighted by Gasteiger charge is -2.23. The first kappa shape index (κ1) is 16.5. The van der Waals surface area contributed by atoms with Crippen LogP contribution in [0.1, 0.15) is 32.8 Å². The number of esters is 1. The van der Waals surface area contributed by atoms with Crippen molar-refractivity contribution in [2.45, 2.75) is 33.8 Å². The van der Waals surface area contributed by atoms with Crippen LogP contribution in [-0.2, 0) is 16.1 Å². The van der Waals surface area contributed by atoms with Crippen molar-refractivity contribution in [3.05, 3.63) is 29.8 Å². The van der Waals surface area contributed by atoms with Crippen LogP contribution in [0.15, 0.2) is 24.3 Å². The molecule has 1 aromatic carbocycles. The topological polar surface area (TPSA) is 61.5 Å². The number of methoxy groups -OCH3 is 1. The highest BCUT2D eigenvalue weighted by molar-refractivity contribution is 5.72. The van der Waals surface area contributed by atoms with Crippen molar-refractivity contribution in [3.63, 3.8) is 0 Å². The molecule has 0 amide bonds. The molecule has 0 aliphatic heterocycles. The summed E-state index contributed by atoms with van der Waals surface area (Å²) in [5, 5.41) is 0. The van der Waals surface area contributed by atoms with Gasteiger partial charge < -0.3 is 15.2 Å². The molecule has 0 spiro atoms. The van der Waals surface area contributed by atoms with Crippen molar-refractivity contribution < 1.29 is 14.3 Å². The Labute approximate surface area is 121 Å². The van der Waals surface area contributed by atoms with Gasteiger partial charge in [0.1, 0.15) is 12.4 Å². The Kier molecular flexibility index (Phi) is 6.02. The molecule has 4 heteroatoms. The molecule has 0 bridgehead atoms. The van der Waals surface area contributed by atoms with Crippen molar-refractivity contribution in [1.82, 2.24) is 0 Å². The highest BCUT2D eigenvalue weighted by Crippen LogP contribution is 2.25. The molecule has 0 aliphatic rings. The number of rotatable bonds is 6. The molecule has 1 atom stereocenters. The van der Waals surface area contributed by atoms with E-state index in [9.17, 15) is 4.79 Å². The molecular formula is C16H25NO3. The van der Waals surface area contributed by atoms with Crippen LogP contribution in [-0.4, -0.2) is 19.6 Å². The number of ether oxygens (including phenoxy) is 2. The van der Waals surface area contributed by atoms with E-state index < -0.39 is 0 Å². The van der Waals surface area contributed by atoms with E-state index in [4.69, 9.17) is 15.2 Å². The highest BCUT2D eigenvalue weighted by Gasteiger charge is 2.24. The average Bonchev–Trinajstić information content (AvgIpc) is 2.41. The van der Waals surface area contributed by atoms with E-state index in [-0.39, 0.29) is 23.9 Å². The lowest BCUT2D eigenvalue weighted by atomic mass is 9.85. The van der Waals surface area contributed by atoms with Crippen LogP contribution >= 0.6 is 0 Å². The van der Waals surface area contributed by atoms with Crippen molar-refractivity contribution in [2.24, 2.45) is 17.1 Å². The van der Waals surface area contributed by atoms with Gasteiger partial charge in [0.15, 0.2) is 0 Å². The SMILES string of the molecule is COc1ccc(COC(=O)C(CN)CC(C)(C)C)cc1. The molecule has 1 aromatic rings. The van der Waals surface area contributed by atoms with Gasteiger partial charge in [0.05, 0.1) is 13.0 Å². The molecule has 2 N–H and O–H groups in total. The first-order valence-corrected chi connectivity index (χ1v) is 6.85. The molecule has 0 saturated carbocycles. The minimum Gasteiger partial charge on any atom is -0.497 e. The van der Waals surface area contributed by atoms with Crippen LogP contribution in [0.4, 0.5) is 0 Å². The van der Waals surface area contributed by atoms with E-state index in [2.05, 4.69) is 20.8 Å². The van der Waals surface area contributed by atoms with Crippen LogP contribution in [0.2, 0.25) is 0 Å². The predicted molar refractivity (Wildman–Crippen MR) is 79.4 cm³/mol. The second-order valence-electron chi connectivity index (χ2n) is 6.15. The Morgan fingerprint density at radius 3 is 2.30 bits per heavy atom. The highest BCUT2D eigenvalue weighted by atomic mass is 16.5. The van der Waals surface area contributed by atoms with Gasteiger partial charge in [-0.15, -0.1) is 0 Å². The fourth-order valence-corrected chi connectivity index (χ4v) is 2.00. The third kappa shape index (κ3) is 5.61. The predicted octanol–water partition coefficient (Wildman–Crippen LogP) is 2.75. The van der Waals surface area contributed by atoms with Crippen molar-refractivity contribution in [1.29, 1.82) is 0 Å². The molecule has 20 heavy (non-hydrogen) atoms. The van der Waals surface area contributed by atoms with Crippen LogP contribution in [0.25, 0.3) is 0 Å². The molecule has 0 heterocycles. The Balaban J connectivity index is 2.52. The summed E-state index contributed by atoms with van der Waals surface area (Å²) in [6.07, 6.45) is 0.727. The van der Waals surface area contributed by atoms with Gasteiger partial charge in [-0.3, -0.25) is 4.79 Å². The minimum absolute atomic E-state index is 0.0587. The summed E-state index contributed by atoms with van der Waals surface area (Å²) < 4.78 is 10.4. The van der Waals surface area contributed by atoms with E-state index >= 15 is 0 Å². The molecule has 0 saturated heterocycles. The molecule has 1 rings (SSSR count). The summed E-state index contributed by atoms with van der Waals surface area (Å²) in [4.78, 5) is 12.0. The molecule has 1 unspecified atom stereocenters. The molecule has 0 radical (unpaired) electrons. The standard InChI is InChI=1S/C16H25NO3/c1-16(2,3)9-13(10-17)15(18)20-11-12-5-7-14(19-4)8-6-12/h5-8,13H,9-11,17H2,1-4H3. The summed E-state index contributed by atoms with van der Waals surface area (Å²) in [5.74, 6) is 0.319. The van der Waals surface area contributed by atoms with E-state index in [0.717, 1.165) is 17.7 Å². The Morgan fingerprint density at radius 2 is 1.85 bits per heavy atom. The fourth-order valence-electron chi connectivity index (χ4n) is 2.00. The van der Waals surface area contributed by atoms with E-state index in [1.807, 2.05) is 24.3 Å². The van der Waals surface area contributed by atoms with Crippen LogP contribution in [0.5, 0.6) is 5.75 Å². The zero-order valence-electron chi connectivity index (χ0n) is 12.8. The Bertz CT molecular complexity index is 420. The number of hydrogen-bond acceptors (Lipinski definition) is 4. The van der Waals surface area contributed by atoms with Crippen molar-refractivity contribution >= 4 is 5.97 Å². The second kappa shape index (κ2) is 7.29. The molecule has 0 aromatic heterocycles. The van der Waals surface area contributed by atoms with E-state index in [1.165, 1.54) is 0 Å². The number of carbonyl (C=O) groups is 1. The van der Waals surface area contributed by atoms with Gasteiger partial charge in [-0.25, -0.2) is 0 Å². The second-order valence-corrected chi connectivity index (χ2v) is 6.15. The van der Waals surface area contributed by atoms with Gasteiger partial charge in [-0.1, -0.05) is 32.9 Å². The lowest BCUT2D eigenvalue weighted by Crippen LogP contribution is -2.29. The number of nitrogens with two attached hydrogens (primary N) is 1. The Morgan fingerprint density at radius 1 is 1.25 bits per heavy atom. The quantitative estimate of drug-likeness (QED) is 0.813. The van der Waals surface area contributed by atoms with E-state index in [1.54, 1.807) is 7.11 Å². The molecule has 4 nitrogen and oxygen atoms in total. The largest absolute Gasteiger partial charge is 0.497 e. The normalized spacial score (nSPS) is 12.8. The summed E-state index contributed by atoms with van der Waals surface area (Å²) in [6, 6.07) is 7.46. The van der Waals surface area contributed by atoms with Gasteiger partial charge in [-0.05, 0) is 29.5 Å². The lowest BCUT2D eigenvalue weighted by molar-refractivity contribution is -0.150. The number of benzene rings is 1. The zero-order valence-corrected chi connectivity index (χ0v) is 12.8. The van der Waals surface area contributed by atoms with Crippen LogP contribution < -0.4 is 10.5 Å². The molecule has 0 fully saturated rings. The summed E-state index contributed by atoms with van der Waals surface area (Å²) in [5.41, 5.74) is 6.66. The molecule has 112 valence electrons.